The summed E-state index contributed by atoms with van der Waals surface area (Å²) in [6.45, 7) is 6.28. The fraction of sp³-hybridized carbons (Fsp3) is 0.375. The molecular formula is C24H24Cl2N2O3. The third-order valence-electron chi connectivity index (χ3n) is 7.58. The highest BCUT2D eigenvalue weighted by Gasteiger charge is 2.71. The second-order valence-electron chi connectivity index (χ2n) is 9.08. The minimum absolute atomic E-state index is 0.0638. The normalized spacial score (nSPS) is 27.3. The van der Waals surface area contributed by atoms with Crippen LogP contribution in [-0.2, 0) is 9.63 Å². The van der Waals surface area contributed by atoms with Crippen LogP contribution < -0.4 is 5.32 Å². The Bertz CT molecular complexity index is 1100. The predicted octanol–water partition coefficient (Wildman–Crippen LogP) is 6.36. The van der Waals surface area contributed by atoms with Gasteiger partial charge in [0, 0.05) is 22.5 Å². The van der Waals surface area contributed by atoms with Gasteiger partial charge in [-0.1, -0.05) is 67.3 Å². The molecule has 31 heavy (non-hydrogen) atoms. The molecule has 2 unspecified atom stereocenters. The molecule has 2 aliphatic rings. The van der Waals surface area contributed by atoms with Gasteiger partial charge < -0.3 is 10.2 Å². The van der Waals surface area contributed by atoms with Crippen LogP contribution >= 0.6 is 23.2 Å². The standard InChI is InChI=1S/C24H24Cl2N2O3/c1-22(2)23(3)11-12-24(22,21(30)27-16-8-6-7-15(25)13-16)14-19(23)28-31-20(29)17-9-4-5-10-18(17)26/h4-10,13H,11-12,14H2,1-3H3,(H,27,30)/b28-19+. The maximum atomic E-state index is 13.5. The highest BCUT2D eigenvalue weighted by Crippen LogP contribution is 2.71. The van der Waals surface area contributed by atoms with Crippen molar-refractivity contribution in [2.45, 2.75) is 40.0 Å². The Morgan fingerprint density at radius 3 is 2.48 bits per heavy atom. The predicted molar refractivity (Wildman–Crippen MR) is 123 cm³/mol. The summed E-state index contributed by atoms with van der Waals surface area (Å²) >= 11 is 12.2. The van der Waals surface area contributed by atoms with Gasteiger partial charge in [-0.05, 0) is 48.6 Å². The molecule has 0 saturated heterocycles. The van der Waals surface area contributed by atoms with E-state index in [9.17, 15) is 9.59 Å². The number of carbonyl (C=O) groups is 2. The number of anilines is 1. The summed E-state index contributed by atoms with van der Waals surface area (Å²) in [5, 5.41) is 8.15. The molecule has 0 aliphatic heterocycles. The van der Waals surface area contributed by atoms with Gasteiger partial charge in [-0.15, -0.1) is 0 Å². The van der Waals surface area contributed by atoms with E-state index in [4.69, 9.17) is 28.0 Å². The number of carbonyl (C=O) groups excluding carboxylic acids is 2. The summed E-state index contributed by atoms with van der Waals surface area (Å²) in [5.74, 6) is -0.675. The van der Waals surface area contributed by atoms with Gasteiger partial charge in [0.05, 0.1) is 21.7 Å². The van der Waals surface area contributed by atoms with Crippen LogP contribution in [0, 0.1) is 16.2 Å². The summed E-state index contributed by atoms with van der Waals surface area (Å²) in [6.07, 6.45) is 1.95. The molecule has 5 nitrogen and oxygen atoms in total. The number of amides is 1. The van der Waals surface area contributed by atoms with Crippen molar-refractivity contribution >= 4 is 46.5 Å². The van der Waals surface area contributed by atoms with Gasteiger partial charge in [0.2, 0.25) is 5.91 Å². The second kappa shape index (κ2) is 7.64. The molecule has 0 aromatic heterocycles. The Morgan fingerprint density at radius 1 is 1.03 bits per heavy atom. The fourth-order valence-electron chi connectivity index (χ4n) is 5.11. The Labute approximate surface area is 191 Å². The van der Waals surface area contributed by atoms with E-state index in [1.54, 1.807) is 42.5 Å². The van der Waals surface area contributed by atoms with Crippen LogP contribution in [0.5, 0.6) is 0 Å². The first-order valence-corrected chi connectivity index (χ1v) is 11.0. The third kappa shape index (κ3) is 3.35. The smallest absolute Gasteiger partial charge is 0.326 e. The van der Waals surface area contributed by atoms with E-state index < -0.39 is 11.4 Å². The van der Waals surface area contributed by atoms with Crippen LogP contribution in [0.3, 0.4) is 0 Å². The third-order valence-corrected chi connectivity index (χ3v) is 8.15. The molecule has 2 aliphatic carbocycles. The average Bonchev–Trinajstić information content (AvgIpc) is 3.03. The van der Waals surface area contributed by atoms with E-state index in [1.165, 1.54) is 0 Å². The number of oxime groups is 1. The molecule has 4 rings (SSSR count). The summed E-state index contributed by atoms with van der Waals surface area (Å²) in [7, 11) is 0. The number of halogens is 2. The minimum Gasteiger partial charge on any atom is -0.326 e. The number of hydrogen-bond acceptors (Lipinski definition) is 4. The summed E-state index contributed by atoms with van der Waals surface area (Å²) < 4.78 is 0. The number of rotatable bonds is 4. The fourth-order valence-corrected chi connectivity index (χ4v) is 5.52. The van der Waals surface area contributed by atoms with Crippen molar-refractivity contribution in [2.24, 2.45) is 21.4 Å². The van der Waals surface area contributed by atoms with E-state index in [0.717, 1.165) is 18.6 Å². The average molecular weight is 459 g/mol. The molecule has 1 amide bonds. The SMILES string of the molecule is CC12CCC(C(=O)Nc3cccc(Cl)c3)(C/C1=N\OC(=O)c1ccccc1Cl)C2(C)C. The molecular weight excluding hydrogens is 435 g/mol. The van der Waals surface area contributed by atoms with Crippen LogP contribution in [0.25, 0.3) is 0 Å². The van der Waals surface area contributed by atoms with Crippen LogP contribution in [0.2, 0.25) is 10.0 Å². The van der Waals surface area contributed by atoms with Crippen LogP contribution in [0.4, 0.5) is 5.69 Å². The van der Waals surface area contributed by atoms with Crippen LogP contribution in [0.15, 0.2) is 53.7 Å². The van der Waals surface area contributed by atoms with Crippen molar-refractivity contribution in [2.75, 3.05) is 5.32 Å². The summed E-state index contributed by atoms with van der Waals surface area (Å²) in [4.78, 5) is 31.2. The number of hydrogen-bond donors (Lipinski definition) is 1. The van der Waals surface area contributed by atoms with Gasteiger partial charge in [-0.25, -0.2) is 4.79 Å². The quantitative estimate of drug-likeness (QED) is 0.427. The van der Waals surface area contributed by atoms with Crippen molar-refractivity contribution in [3.63, 3.8) is 0 Å². The molecule has 7 heteroatoms. The van der Waals surface area contributed by atoms with E-state index in [0.29, 0.717) is 22.2 Å². The minimum atomic E-state index is -0.653. The number of benzene rings is 2. The highest BCUT2D eigenvalue weighted by molar-refractivity contribution is 6.33. The Kier molecular flexibility index (Phi) is 5.39. The second-order valence-corrected chi connectivity index (χ2v) is 9.92. The van der Waals surface area contributed by atoms with Crippen molar-refractivity contribution in [3.05, 3.63) is 64.1 Å². The lowest BCUT2D eigenvalue weighted by molar-refractivity contribution is -0.130. The molecule has 0 spiro atoms. The molecule has 2 saturated carbocycles. The molecule has 2 aromatic rings. The molecule has 0 heterocycles. The monoisotopic (exact) mass is 458 g/mol. The lowest BCUT2D eigenvalue weighted by Crippen LogP contribution is -2.43. The largest absolute Gasteiger partial charge is 0.367 e. The van der Waals surface area contributed by atoms with Crippen molar-refractivity contribution in [1.29, 1.82) is 0 Å². The molecule has 2 fully saturated rings. The Morgan fingerprint density at radius 2 is 1.77 bits per heavy atom. The summed E-state index contributed by atoms with van der Waals surface area (Å²) in [6, 6.07) is 13.8. The molecule has 2 bridgehead atoms. The molecule has 1 N–H and O–H groups in total. The number of nitrogens with zero attached hydrogens (tertiary/aromatic N) is 1. The topological polar surface area (TPSA) is 67.8 Å². The first-order chi connectivity index (χ1) is 14.6. The van der Waals surface area contributed by atoms with Crippen LogP contribution in [0.1, 0.15) is 50.4 Å². The zero-order valence-electron chi connectivity index (χ0n) is 17.7. The lowest BCUT2D eigenvalue weighted by Gasteiger charge is -2.39. The molecule has 162 valence electrons. The van der Waals surface area contributed by atoms with E-state index in [1.807, 2.05) is 6.07 Å². The van der Waals surface area contributed by atoms with E-state index in [-0.39, 0.29) is 22.3 Å². The zero-order chi connectivity index (χ0) is 22.4. The maximum Gasteiger partial charge on any atom is 0.367 e. The van der Waals surface area contributed by atoms with E-state index in [2.05, 4.69) is 31.2 Å². The van der Waals surface area contributed by atoms with Gasteiger partial charge >= 0.3 is 5.97 Å². The first kappa shape index (κ1) is 21.8. The summed E-state index contributed by atoms with van der Waals surface area (Å²) in [5.41, 5.74) is 0.254. The molecule has 2 atom stereocenters. The van der Waals surface area contributed by atoms with Gasteiger partial charge in [-0.2, -0.15) is 0 Å². The Balaban J connectivity index is 1.60. The first-order valence-electron chi connectivity index (χ1n) is 10.2. The molecule has 2 aromatic carbocycles. The van der Waals surface area contributed by atoms with E-state index >= 15 is 0 Å². The van der Waals surface area contributed by atoms with Gasteiger partial charge in [0.25, 0.3) is 0 Å². The highest BCUT2D eigenvalue weighted by atomic mass is 35.5. The number of fused-ring (bicyclic) bond motifs is 2. The number of nitrogens with one attached hydrogen (secondary N) is 1. The van der Waals surface area contributed by atoms with Crippen molar-refractivity contribution in [1.82, 2.24) is 0 Å². The van der Waals surface area contributed by atoms with Crippen molar-refractivity contribution < 1.29 is 14.4 Å². The van der Waals surface area contributed by atoms with Crippen LogP contribution in [-0.4, -0.2) is 17.6 Å². The maximum absolute atomic E-state index is 13.5. The van der Waals surface area contributed by atoms with Gasteiger partial charge in [0.15, 0.2) is 0 Å². The van der Waals surface area contributed by atoms with Gasteiger partial charge in [-0.3, -0.25) is 4.79 Å². The Hall–Kier alpha value is -2.37. The zero-order valence-corrected chi connectivity index (χ0v) is 19.2. The van der Waals surface area contributed by atoms with Crippen molar-refractivity contribution in [3.8, 4) is 0 Å². The lowest BCUT2D eigenvalue weighted by atomic mass is 9.64. The van der Waals surface area contributed by atoms with Gasteiger partial charge in [0.1, 0.15) is 0 Å². The molecule has 0 radical (unpaired) electrons.